The van der Waals surface area contributed by atoms with E-state index in [4.69, 9.17) is 15.4 Å². The van der Waals surface area contributed by atoms with E-state index in [9.17, 15) is 16.8 Å². The fourth-order valence-corrected chi connectivity index (χ4v) is 5.25. The lowest BCUT2D eigenvalue weighted by Gasteiger charge is -2.23. The Bertz CT molecular complexity index is 412. The molecule has 1 aliphatic rings. The summed E-state index contributed by atoms with van der Waals surface area (Å²) in [5.41, 5.74) is -1.15. The maximum Gasteiger partial charge on any atom is 0.235 e. The predicted octanol–water partition coefficient (Wildman–Crippen LogP) is -0.241. The molecule has 0 amide bonds. The molecule has 1 atom stereocenters. The Labute approximate surface area is 87.7 Å². The van der Waals surface area contributed by atoms with Gasteiger partial charge in [-0.2, -0.15) is 0 Å². The summed E-state index contributed by atoms with van der Waals surface area (Å²) in [6.45, 7) is 0. The maximum absolute atomic E-state index is 11.2. The highest BCUT2D eigenvalue weighted by Crippen LogP contribution is 2.29. The van der Waals surface area contributed by atoms with Crippen LogP contribution in [0.4, 0.5) is 0 Å². The number of halogens is 1. The lowest BCUT2D eigenvalue weighted by Crippen LogP contribution is -2.39. The molecular formula is C6H11ClO5S2. The first-order valence-corrected chi connectivity index (χ1v) is 8.16. The SMILES string of the molecule is COC1(CS(=O)(=O)Cl)CCS(=O)(=O)C1. The highest BCUT2D eigenvalue weighted by molar-refractivity contribution is 8.13. The molecule has 5 nitrogen and oxygen atoms in total. The zero-order chi connectivity index (χ0) is 11.0. The molecule has 1 saturated heterocycles. The molecule has 1 rings (SSSR count). The van der Waals surface area contributed by atoms with Crippen LogP contribution in [0.25, 0.3) is 0 Å². The minimum Gasteiger partial charge on any atom is -0.376 e. The highest BCUT2D eigenvalue weighted by Gasteiger charge is 2.45. The number of rotatable bonds is 3. The summed E-state index contributed by atoms with van der Waals surface area (Å²) >= 11 is 0. The van der Waals surface area contributed by atoms with Gasteiger partial charge in [0.25, 0.3) is 0 Å². The van der Waals surface area contributed by atoms with Gasteiger partial charge in [0, 0.05) is 17.8 Å². The average Bonchev–Trinajstić information content (AvgIpc) is 2.24. The molecule has 0 aromatic heterocycles. The van der Waals surface area contributed by atoms with Gasteiger partial charge >= 0.3 is 0 Å². The highest BCUT2D eigenvalue weighted by atomic mass is 35.7. The van der Waals surface area contributed by atoms with E-state index >= 15 is 0 Å². The van der Waals surface area contributed by atoms with Crippen LogP contribution in [0.3, 0.4) is 0 Å². The largest absolute Gasteiger partial charge is 0.376 e. The molecule has 0 N–H and O–H groups in total. The maximum atomic E-state index is 11.2. The van der Waals surface area contributed by atoms with E-state index in [2.05, 4.69) is 0 Å². The van der Waals surface area contributed by atoms with Gasteiger partial charge in [-0.05, 0) is 6.42 Å². The molecule has 0 aromatic rings. The van der Waals surface area contributed by atoms with Gasteiger partial charge in [0.2, 0.25) is 9.05 Å². The van der Waals surface area contributed by atoms with Crippen LogP contribution in [-0.4, -0.2) is 46.8 Å². The lowest BCUT2D eigenvalue weighted by atomic mass is 10.1. The van der Waals surface area contributed by atoms with E-state index in [-0.39, 0.29) is 17.9 Å². The quantitative estimate of drug-likeness (QED) is 0.656. The molecule has 0 spiro atoms. The fraction of sp³-hybridized carbons (Fsp3) is 1.00. The van der Waals surface area contributed by atoms with Crippen molar-refractivity contribution in [2.45, 2.75) is 12.0 Å². The fourth-order valence-electron chi connectivity index (χ4n) is 1.53. The Morgan fingerprint density at radius 3 is 2.36 bits per heavy atom. The van der Waals surface area contributed by atoms with Crippen molar-refractivity contribution in [3.05, 3.63) is 0 Å². The molecule has 0 bridgehead atoms. The van der Waals surface area contributed by atoms with E-state index < -0.39 is 30.2 Å². The Morgan fingerprint density at radius 2 is 2.07 bits per heavy atom. The Hall–Kier alpha value is 0.150. The van der Waals surface area contributed by atoms with E-state index in [1.54, 1.807) is 0 Å². The number of hydrogen-bond acceptors (Lipinski definition) is 5. The van der Waals surface area contributed by atoms with Gasteiger partial charge in [0.1, 0.15) is 0 Å². The van der Waals surface area contributed by atoms with Crippen LogP contribution in [0.15, 0.2) is 0 Å². The van der Waals surface area contributed by atoms with E-state index in [0.29, 0.717) is 0 Å². The molecule has 84 valence electrons. The monoisotopic (exact) mass is 262 g/mol. The second-order valence-electron chi connectivity index (χ2n) is 3.41. The third kappa shape index (κ3) is 3.08. The molecule has 0 saturated carbocycles. The summed E-state index contributed by atoms with van der Waals surface area (Å²) in [7, 11) is -0.565. The van der Waals surface area contributed by atoms with Crippen molar-refractivity contribution in [2.24, 2.45) is 0 Å². The van der Waals surface area contributed by atoms with Crippen molar-refractivity contribution in [3.8, 4) is 0 Å². The van der Waals surface area contributed by atoms with Crippen LogP contribution in [0, 0.1) is 0 Å². The van der Waals surface area contributed by atoms with Gasteiger partial charge in [-0.3, -0.25) is 0 Å². The number of hydrogen-bond donors (Lipinski definition) is 0. The number of ether oxygens (including phenoxy) is 1. The third-order valence-corrected chi connectivity index (χ3v) is 5.21. The summed E-state index contributed by atoms with van der Waals surface area (Å²) in [6.07, 6.45) is 0.178. The first-order valence-electron chi connectivity index (χ1n) is 3.86. The van der Waals surface area contributed by atoms with Crippen LogP contribution >= 0.6 is 10.7 Å². The molecule has 8 heteroatoms. The standard InChI is InChI=1S/C6H11ClO5S2/c1-12-6(5-14(7,10)11)2-3-13(8,9)4-6/h2-5H2,1H3. The Balaban J connectivity index is 2.92. The molecule has 14 heavy (non-hydrogen) atoms. The number of sulfone groups is 1. The zero-order valence-electron chi connectivity index (χ0n) is 7.56. The summed E-state index contributed by atoms with van der Waals surface area (Å²) in [5.74, 6) is -0.785. The molecule has 0 radical (unpaired) electrons. The Morgan fingerprint density at radius 1 is 1.50 bits per heavy atom. The lowest BCUT2D eigenvalue weighted by molar-refractivity contribution is 0.0326. The topological polar surface area (TPSA) is 77.5 Å². The minimum absolute atomic E-state index is 0.0484. The third-order valence-electron chi connectivity index (χ3n) is 2.22. The summed E-state index contributed by atoms with van der Waals surface area (Å²) in [6, 6.07) is 0. The van der Waals surface area contributed by atoms with Gasteiger partial charge in [0.05, 0.1) is 22.9 Å². The van der Waals surface area contributed by atoms with Gasteiger partial charge in [-0.15, -0.1) is 0 Å². The second kappa shape index (κ2) is 3.62. The van der Waals surface area contributed by atoms with Crippen LogP contribution in [0.1, 0.15) is 6.42 Å². The van der Waals surface area contributed by atoms with Gasteiger partial charge in [-0.1, -0.05) is 0 Å². The van der Waals surface area contributed by atoms with Crippen LogP contribution in [0.2, 0.25) is 0 Å². The second-order valence-corrected chi connectivity index (χ2v) is 8.37. The van der Waals surface area contributed by atoms with Crippen LogP contribution in [0.5, 0.6) is 0 Å². The minimum atomic E-state index is -3.75. The zero-order valence-corrected chi connectivity index (χ0v) is 9.95. The summed E-state index contributed by atoms with van der Waals surface area (Å²) in [4.78, 5) is 0. The molecule has 1 aliphatic heterocycles. The van der Waals surface area contributed by atoms with Gasteiger partial charge < -0.3 is 4.74 Å². The summed E-state index contributed by atoms with van der Waals surface area (Å²) < 4.78 is 49.0. The predicted molar refractivity (Wildman–Crippen MR) is 52.7 cm³/mol. The van der Waals surface area contributed by atoms with Crippen molar-refractivity contribution < 1.29 is 21.6 Å². The molecule has 0 aliphatic carbocycles. The van der Waals surface area contributed by atoms with E-state index in [0.717, 1.165) is 0 Å². The molecular weight excluding hydrogens is 252 g/mol. The Kier molecular flexibility index (Phi) is 3.16. The molecule has 1 heterocycles. The van der Waals surface area contributed by atoms with E-state index in [1.165, 1.54) is 7.11 Å². The van der Waals surface area contributed by atoms with Gasteiger partial charge in [0.15, 0.2) is 9.84 Å². The van der Waals surface area contributed by atoms with E-state index in [1.807, 2.05) is 0 Å². The van der Waals surface area contributed by atoms with Crippen molar-refractivity contribution in [1.29, 1.82) is 0 Å². The van der Waals surface area contributed by atoms with Crippen molar-refractivity contribution in [2.75, 3.05) is 24.4 Å². The van der Waals surface area contributed by atoms with Crippen molar-refractivity contribution >= 4 is 29.6 Å². The smallest absolute Gasteiger partial charge is 0.235 e. The normalized spacial score (nSPS) is 31.9. The molecule has 1 fully saturated rings. The van der Waals surface area contributed by atoms with Gasteiger partial charge in [-0.25, -0.2) is 16.8 Å². The summed E-state index contributed by atoms with van der Waals surface area (Å²) in [5, 5.41) is 0. The number of methoxy groups -OCH3 is 1. The van der Waals surface area contributed by atoms with Crippen molar-refractivity contribution in [3.63, 3.8) is 0 Å². The van der Waals surface area contributed by atoms with Crippen molar-refractivity contribution in [1.82, 2.24) is 0 Å². The molecule has 0 aromatic carbocycles. The molecule has 1 unspecified atom stereocenters. The first kappa shape index (κ1) is 12.2. The first-order chi connectivity index (χ1) is 6.18. The van der Waals surface area contributed by atoms with Crippen LogP contribution in [-0.2, 0) is 23.6 Å². The van der Waals surface area contributed by atoms with Crippen LogP contribution < -0.4 is 0 Å². The average molecular weight is 263 g/mol.